The summed E-state index contributed by atoms with van der Waals surface area (Å²) in [5, 5.41) is 3.54. The molecule has 0 spiro atoms. The number of pyridine rings is 1. The Balaban J connectivity index is 1.55. The molecule has 0 aliphatic heterocycles. The second-order valence-corrected chi connectivity index (χ2v) is 15.3. The highest BCUT2D eigenvalue weighted by molar-refractivity contribution is 7.48. The molecule has 1 saturated carbocycles. The minimum Gasteiger partial charge on any atom is -0.494 e. The van der Waals surface area contributed by atoms with Crippen molar-refractivity contribution in [2.24, 2.45) is 0 Å². The standard InChI is InChI=1S/C35H57N2O5P/c1-8-9-10-11-12-13-14-15-16-25-39-30-20-17-19-28(26-30)29-23-24-36-33(27-29)37-31-21-18-22-32(31)40-43(38,41-34(2,3)4)42-35(5,6)7/h17,19-20,23-24,26-27,31-32H,8-16,18,21-22,25H2,1-7H3,(H,36,37)/t31-,32+/m1/s1. The van der Waals surface area contributed by atoms with Crippen LogP contribution in [0.4, 0.5) is 5.82 Å². The van der Waals surface area contributed by atoms with Gasteiger partial charge in [-0.1, -0.05) is 70.4 Å². The molecule has 1 fully saturated rings. The molecule has 1 heterocycles. The molecule has 242 valence electrons. The van der Waals surface area contributed by atoms with Crippen molar-refractivity contribution in [1.82, 2.24) is 4.98 Å². The van der Waals surface area contributed by atoms with Crippen LogP contribution in [0.2, 0.25) is 0 Å². The molecule has 1 aliphatic carbocycles. The van der Waals surface area contributed by atoms with Crippen molar-refractivity contribution in [3.8, 4) is 16.9 Å². The van der Waals surface area contributed by atoms with Gasteiger partial charge in [0.15, 0.2) is 0 Å². The van der Waals surface area contributed by atoms with E-state index >= 15 is 0 Å². The lowest BCUT2D eigenvalue weighted by molar-refractivity contribution is -0.0111. The molecule has 1 aromatic heterocycles. The van der Waals surface area contributed by atoms with E-state index in [9.17, 15) is 4.57 Å². The van der Waals surface area contributed by atoms with Crippen molar-refractivity contribution in [1.29, 1.82) is 0 Å². The average Bonchev–Trinajstić information content (AvgIpc) is 3.33. The minimum absolute atomic E-state index is 0.0609. The van der Waals surface area contributed by atoms with Gasteiger partial charge >= 0.3 is 7.82 Å². The zero-order chi connectivity index (χ0) is 31.3. The summed E-state index contributed by atoms with van der Waals surface area (Å²) >= 11 is 0. The number of anilines is 1. The van der Waals surface area contributed by atoms with Gasteiger partial charge in [-0.25, -0.2) is 9.55 Å². The van der Waals surface area contributed by atoms with Gasteiger partial charge in [0.1, 0.15) is 11.6 Å². The van der Waals surface area contributed by atoms with Crippen LogP contribution in [0.5, 0.6) is 5.75 Å². The highest BCUT2D eigenvalue weighted by Gasteiger charge is 2.42. The Morgan fingerprint density at radius 1 is 0.837 bits per heavy atom. The third-order valence-corrected chi connectivity index (χ3v) is 9.34. The average molecular weight is 617 g/mol. The summed E-state index contributed by atoms with van der Waals surface area (Å²) in [7, 11) is -3.81. The first-order valence-corrected chi connectivity index (χ1v) is 18.0. The molecular weight excluding hydrogens is 559 g/mol. The first kappa shape index (κ1) is 35.6. The minimum atomic E-state index is -3.81. The zero-order valence-electron chi connectivity index (χ0n) is 27.8. The van der Waals surface area contributed by atoms with Gasteiger partial charge in [-0.3, -0.25) is 13.6 Å². The summed E-state index contributed by atoms with van der Waals surface area (Å²) in [4.78, 5) is 4.58. The molecule has 0 amide bonds. The van der Waals surface area contributed by atoms with Crippen LogP contribution in [0.25, 0.3) is 11.1 Å². The van der Waals surface area contributed by atoms with Crippen molar-refractivity contribution in [2.75, 3.05) is 11.9 Å². The molecule has 0 bridgehead atoms. The lowest BCUT2D eigenvalue weighted by Gasteiger charge is -2.33. The van der Waals surface area contributed by atoms with E-state index < -0.39 is 19.0 Å². The Kier molecular flexibility index (Phi) is 14.0. The van der Waals surface area contributed by atoms with Gasteiger partial charge in [-0.2, -0.15) is 0 Å². The number of hydrogen-bond acceptors (Lipinski definition) is 7. The molecule has 1 N–H and O–H groups in total. The number of nitrogens with zero attached hydrogens (tertiary/aromatic N) is 1. The zero-order valence-corrected chi connectivity index (χ0v) is 28.7. The van der Waals surface area contributed by atoms with E-state index in [-0.39, 0.29) is 12.1 Å². The third-order valence-electron chi connectivity index (χ3n) is 7.27. The fourth-order valence-electron chi connectivity index (χ4n) is 5.36. The number of hydrogen-bond donors (Lipinski definition) is 1. The molecule has 8 heteroatoms. The maximum atomic E-state index is 13.7. The van der Waals surface area contributed by atoms with Crippen LogP contribution in [0.15, 0.2) is 42.6 Å². The van der Waals surface area contributed by atoms with E-state index in [1.54, 1.807) is 0 Å². The molecule has 1 aliphatic rings. The van der Waals surface area contributed by atoms with E-state index in [2.05, 4.69) is 29.4 Å². The molecule has 0 radical (unpaired) electrons. The SMILES string of the molecule is CCCCCCCCCCCOc1cccc(-c2ccnc(N[C@@H]3CCC[C@@H]3OP(=O)(OC(C)(C)C)OC(C)(C)C)c2)c1. The van der Waals surface area contributed by atoms with E-state index in [0.29, 0.717) is 0 Å². The van der Waals surface area contributed by atoms with Gasteiger partial charge in [-0.15, -0.1) is 0 Å². The van der Waals surface area contributed by atoms with Gasteiger partial charge in [-0.05, 0) is 103 Å². The van der Waals surface area contributed by atoms with E-state index in [0.717, 1.165) is 55.0 Å². The van der Waals surface area contributed by atoms with Crippen molar-refractivity contribution in [3.63, 3.8) is 0 Å². The monoisotopic (exact) mass is 616 g/mol. The predicted molar refractivity (Wildman–Crippen MR) is 178 cm³/mol. The Labute approximate surface area is 261 Å². The highest BCUT2D eigenvalue weighted by atomic mass is 31.2. The first-order valence-electron chi connectivity index (χ1n) is 16.5. The molecule has 0 saturated heterocycles. The van der Waals surface area contributed by atoms with Gasteiger partial charge in [0.05, 0.1) is 30.0 Å². The van der Waals surface area contributed by atoms with E-state index in [1.165, 1.54) is 51.4 Å². The molecule has 3 rings (SSSR count). The first-order chi connectivity index (χ1) is 20.4. The summed E-state index contributed by atoms with van der Waals surface area (Å²) in [6.07, 6.45) is 15.8. The van der Waals surface area contributed by atoms with Crippen LogP contribution in [-0.4, -0.2) is 34.9 Å². The van der Waals surface area contributed by atoms with E-state index in [1.807, 2.05) is 72.0 Å². The number of phosphoric ester groups is 1. The Hall–Kier alpha value is -1.92. The second kappa shape index (κ2) is 17.0. The van der Waals surface area contributed by atoms with Crippen LogP contribution >= 0.6 is 7.82 Å². The largest absolute Gasteiger partial charge is 0.494 e. The lowest BCUT2D eigenvalue weighted by atomic mass is 10.1. The molecule has 0 unspecified atom stereocenters. The predicted octanol–water partition coefficient (Wildman–Crippen LogP) is 10.7. The molecular formula is C35H57N2O5P. The Bertz CT molecular complexity index is 1120. The van der Waals surface area contributed by atoms with Gasteiger partial charge in [0.25, 0.3) is 0 Å². The van der Waals surface area contributed by atoms with E-state index in [4.69, 9.17) is 18.3 Å². The Morgan fingerprint density at radius 3 is 2.12 bits per heavy atom. The Morgan fingerprint density at radius 2 is 1.47 bits per heavy atom. The van der Waals surface area contributed by atoms with Crippen LogP contribution < -0.4 is 10.1 Å². The second-order valence-electron chi connectivity index (χ2n) is 13.8. The normalized spacial score (nSPS) is 17.7. The number of nitrogens with one attached hydrogen (secondary N) is 1. The molecule has 43 heavy (non-hydrogen) atoms. The van der Waals surface area contributed by atoms with Crippen LogP contribution in [0.1, 0.15) is 126 Å². The van der Waals surface area contributed by atoms with Crippen molar-refractivity contribution >= 4 is 13.6 Å². The van der Waals surface area contributed by atoms with Gasteiger partial charge < -0.3 is 10.1 Å². The van der Waals surface area contributed by atoms with Crippen LogP contribution in [0, 0.1) is 0 Å². The molecule has 1 aromatic carbocycles. The highest BCUT2D eigenvalue weighted by Crippen LogP contribution is 2.57. The maximum Gasteiger partial charge on any atom is 0.476 e. The van der Waals surface area contributed by atoms with Crippen molar-refractivity contribution < 1.29 is 22.9 Å². The summed E-state index contributed by atoms with van der Waals surface area (Å²) < 4.78 is 37.7. The number of phosphoric acid groups is 1. The number of ether oxygens (including phenoxy) is 1. The summed E-state index contributed by atoms with van der Waals surface area (Å²) in [6, 6.07) is 12.2. The maximum absolute atomic E-state index is 13.7. The van der Waals surface area contributed by atoms with Crippen LogP contribution in [-0.2, 0) is 18.1 Å². The number of aromatic nitrogens is 1. The van der Waals surface area contributed by atoms with Gasteiger partial charge in [0.2, 0.25) is 0 Å². The quantitative estimate of drug-likeness (QED) is 0.132. The fraction of sp³-hybridized carbons (Fsp3) is 0.686. The van der Waals surface area contributed by atoms with Crippen molar-refractivity contribution in [3.05, 3.63) is 42.6 Å². The fourth-order valence-corrected chi connectivity index (χ4v) is 7.41. The summed E-state index contributed by atoms with van der Waals surface area (Å²) in [5.74, 6) is 1.64. The summed E-state index contributed by atoms with van der Waals surface area (Å²) in [6.45, 7) is 14.1. The third kappa shape index (κ3) is 13.7. The van der Waals surface area contributed by atoms with Crippen LogP contribution in [0.3, 0.4) is 0 Å². The molecule has 2 atom stereocenters. The lowest BCUT2D eigenvalue weighted by Crippen LogP contribution is -2.33. The van der Waals surface area contributed by atoms with Gasteiger partial charge in [0, 0.05) is 6.20 Å². The topological polar surface area (TPSA) is 78.9 Å². The summed E-state index contributed by atoms with van der Waals surface area (Å²) in [5.41, 5.74) is 0.781. The molecule has 2 aromatic rings. The number of benzene rings is 1. The number of unbranched alkanes of at least 4 members (excludes halogenated alkanes) is 8. The number of rotatable bonds is 18. The smallest absolute Gasteiger partial charge is 0.476 e. The molecule has 7 nitrogen and oxygen atoms in total. The van der Waals surface area contributed by atoms with Crippen molar-refractivity contribution in [2.45, 2.75) is 149 Å².